The predicted molar refractivity (Wildman–Crippen MR) is 259 cm³/mol. The van der Waals surface area contributed by atoms with E-state index in [9.17, 15) is 19.8 Å². The lowest BCUT2D eigenvalue weighted by Crippen LogP contribution is -2.46. The van der Waals surface area contributed by atoms with Crippen molar-refractivity contribution in [1.29, 1.82) is 0 Å². The minimum Gasteiger partial charge on any atom is -0.458 e. The molecular formula is C54H87NO5. The van der Waals surface area contributed by atoms with E-state index in [2.05, 4.69) is 135 Å². The summed E-state index contributed by atoms with van der Waals surface area (Å²) in [5.41, 5.74) is 0. The van der Waals surface area contributed by atoms with E-state index in [-0.39, 0.29) is 31.3 Å². The second-order valence-corrected chi connectivity index (χ2v) is 15.4. The molecule has 0 aromatic heterocycles. The summed E-state index contributed by atoms with van der Waals surface area (Å²) < 4.78 is 5.77. The van der Waals surface area contributed by atoms with Gasteiger partial charge in [0.1, 0.15) is 6.10 Å². The minimum absolute atomic E-state index is 0.0767. The van der Waals surface area contributed by atoms with Gasteiger partial charge >= 0.3 is 5.97 Å². The van der Waals surface area contributed by atoms with Crippen LogP contribution < -0.4 is 5.32 Å². The van der Waals surface area contributed by atoms with Crippen molar-refractivity contribution >= 4 is 11.9 Å². The maximum atomic E-state index is 13.1. The lowest BCUT2D eigenvalue weighted by molar-refractivity contribution is -0.148. The second-order valence-electron chi connectivity index (χ2n) is 15.4. The second kappa shape index (κ2) is 46.3. The van der Waals surface area contributed by atoms with Crippen molar-refractivity contribution in [2.45, 2.75) is 200 Å². The molecule has 0 aromatic rings. The van der Waals surface area contributed by atoms with Crippen LogP contribution in [0.1, 0.15) is 181 Å². The Morgan fingerprint density at radius 3 is 1.35 bits per heavy atom. The highest BCUT2D eigenvalue weighted by Gasteiger charge is 2.23. The lowest BCUT2D eigenvalue weighted by atomic mass is 10.0. The predicted octanol–water partition coefficient (Wildman–Crippen LogP) is 14.1. The first kappa shape index (κ1) is 56.3. The number of amides is 1. The molecule has 0 aliphatic carbocycles. The van der Waals surface area contributed by atoms with E-state index in [0.717, 1.165) is 83.5 Å². The number of ether oxygens (including phenoxy) is 1. The third-order valence-corrected chi connectivity index (χ3v) is 9.78. The Labute approximate surface area is 368 Å². The molecule has 0 saturated heterocycles. The summed E-state index contributed by atoms with van der Waals surface area (Å²) in [6.07, 6.45) is 64.3. The first-order valence-corrected chi connectivity index (χ1v) is 23.8. The highest BCUT2D eigenvalue weighted by molar-refractivity contribution is 5.78. The van der Waals surface area contributed by atoms with Crippen LogP contribution in [0.15, 0.2) is 122 Å². The molecule has 3 atom stereocenters. The van der Waals surface area contributed by atoms with E-state index in [4.69, 9.17) is 4.74 Å². The van der Waals surface area contributed by atoms with E-state index in [1.165, 1.54) is 44.9 Å². The number of unbranched alkanes of at least 4 members (excludes halogenated alkanes) is 10. The van der Waals surface area contributed by atoms with Crippen LogP contribution in [-0.2, 0) is 14.3 Å². The smallest absolute Gasteiger partial charge is 0.306 e. The molecule has 0 radical (unpaired) electrons. The maximum absolute atomic E-state index is 13.1. The van der Waals surface area contributed by atoms with Crippen molar-refractivity contribution in [3.63, 3.8) is 0 Å². The Kier molecular flexibility index (Phi) is 43.4. The molecular weight excluding hydrogens is 743 g/mol. The minimum atomic E-state index is -0.835. The molecule has 0 saturated carbocycles. The number of carbonyl (C=O) groups is 2. The van der Waals surface area contributed by atoms with Gasteiger partial charge in [-0.3, -0.25) is 9.59 Å². The van der Waals surface area contributed by atoms with E-state index in [0.29, 0.717) is 19.3 Å². The molecule has 3 N–H and O–H groups in total. The zero-order chi connectivity index (χ0) is 43.8. The number of carbonyl (C=O) groups excluding carboxylic acids is 2. The summed E-state index contributed by atoms with van der Waals surface area (Å²) in [6.45, 7) is 6.16. The molecule has 0 aromatic carbocycles. The van der Waals surface area contributed by atoms with Crippen molar-refractivity contribution in [1.82, 2.24) is 5.32 Å². The van der Waals surface area contributed by atoms with Gasteiger partial charge in [0, 0.05) is 6.42 Å². The molecule has 6 heteroatoms. The molecule has 0 rings (SSSR count). The van der Waals surface area contributed by atoms with Crippen LogP contribution in [0.2, 0.25) is 0 Å². The molecule has 1 amide bonds. The third kappa shape index (κ3) is 41.0. The van der Waals surface area contributed by atoms with Gasteiger partial charge in [-0.1, -0.05) is 200 Å². The van der Waals surface area contributed by atoms with Crippen LogP contribution >= 0.6 is 0 Å². The number of aliphatic hydroxyl groups is 2. The van der Waals surface area contributed by atoms with Gasteiger partial charge in [-0.25, -0.2) is 0 Å². The highest BCUT2D eigenvalue weighted by Crippen LogP contribution is 2.14. The van der Waals surface area contributed by atoms with Crippen molar-refractivity contribution < 1.29 is 24.5 Å². The molecule has 0 heterocycles. The fraction of sp³-hybridized carbons (Fsp3) is 0.593. The summed E-state index contributed by atoms with van der Waals surface area (Å²) >= 11 is 0. The van der Waals surface area contributed by atoms with Crippen LogP contribution in [0.3, 0.4) is 0 Å². The number of hydrogen-bond acceptors (Lipinski definition) is 5. The Morgan fingerprint density at radius 1 is 0.517 bits per heavy atom. The quantitative estimate of drug-likeness (QED) is 0.0325. The molecule has 0 aliphatic heterocycles. The van der Waals surface area contributed by atoms with E-state index in [1.54, 1.807) is 6.08 Å². The normalized spacial score (nSPS) is 14.4. The number of esters is 1. The van der Waals surface area contributed by atoms with E-state index >= 15 is 0 Å². The van der Waals surface area contributed by atoms with E-state index < -0.39 is 18.2 Å². The van der Waals surface area contributed by atoms with Crippen LogP contribution in [0.25, 0.3) is 0 Å². The summed E-state index contributed by atoms with van der Waals surface area (Å²) in [7, 11) is 0. The first-order valence-electron chi connectivity index (χ1n) is 23.8. The van der Waals surface area contributed by atoms with Crippen molar-refractivity contribution in [2.24, 2.45) is 0 Å². The monoisotopic (exact) mass is 830 g/mol. The fourth-order valence-corrected chi connectivity index (χ4v) is 6.25. The fourth-order valence-electron chi connectivity index (χ4n) is 6.25. The summed E-state index contributed by atoms with van der Waals surface area (Å²) in [4.78, 5) is 26.0. The molecule has 60 heavy (non-hydrogen) atoms. The van der Waals surface area contributed by atoms with Crippen LogP contribution in [0.4, 0.5) is 0 Å². The number of nitrogens with one attached hydrogen (secondary N) is 1. The summed E-state index contributed by atoms with van der Waals surface area (Å²) in [5.74, 6) is -0.714. The average Bonchev–Trinajstić information content (AvgIpc) is 3.24. The topological polar surface area (TPSA) is 95.9 Å². The Hall–Kier alpha value is -3.74. The highest BCUT2D eigenvalue weighted by atomic mass is 16.5. The maximum Gasteiger partial charge on any atom is 0.306 e. The van der Waals surface area contributed by atoms with Crippen molar-refractivity contribution in [2.75, 3.05) is 6.61 Å². The number of aliphatic hydroxyl groups excluding tert-OH is 2. The standard InChI is InChI=1S/C54H87NO5/c1-4-7-10-13-16-19-22-24-26-27-28-30-32-35-38-41-44-47-54(59)60-50(45-42-39-36-33-31-29-25-23-20-17-14-11-8-5-2)48-53(58)55-51(49-56)52(57)46-43-40-37-34-21-18-15-12-9-6-3/h7-8,10-11,16-17,19-20,24-26,28-30,33,35-36,38,42,45,50-52,56-57H,4-6,9,12-15,18,21-23,27,31-32,34,37,39-41,43-44,46-49H2,1-3H3,(H,55,58)/b10-7-,11-8+,19-16-,20-17+,26-24-,29-25+,30-28-,36-33+,38-35-,45-42+. The number of hydrogen-bond donors (Lipinski definition) is 3. The van der Waals surface area contributed by atoms with Gasteiger partial charge < -0.3 is 20.3 Å². The zero-order valence-electron chi connectivity index (χ0n) is 38.3. The van der Waals surface area contributed by atoms with Crippen LogP contribution in [-0.4, -0.2) is 46.9 Å². The molecule has 0 bridgehead atoms. The summed E-state index contributed by atoms with van der Waals surface area (Å²) in [6, 6.07) is -0.760. The van der Waals surface area contributed by atoms with Crippen LogP contribution in [0, 0.1) is 0 Å². The number of rotatable bonds is 40. The Bertz CT molecular complexity index is 1300. The van der Waals surface area contributed by atoms with Crippen LogP contribution in [0.5, 0.6) is 0 Å². The third-order valence-electron chi connectivity index (χ3n) is 9.78. The Balaban J connectivity index is 4.88. The van der Waals surface area contributed by atoms with Gasteiger partial charge in [0.15, 0.2) is 0 Å². The molecule has 338 valence electrons. The average molecular weight is 830 g/mol. The molecule has 0 spiro atoms. The Morgan fingerprint density at radius 2 is 0.917 bits per heavy atom. The van der Waals surface area contributed by atoms with Gasteiger partial charge in [-0.2, -0.15) is 0 Å². The summed E-state index contributed by atoms with van der Waals surface area (Å²) in [5, 5.41) is 23.6. The largest absolute Gasteiger partial charge is 0.458 e. The molecule has 6 nitrogen and oxygen atoms in total. The number of allylic oxidation sites excluding steroid dienone is 19. The van der Waals surface area contributed by atoms with Gasteiger partial charge in [0.05, 0.1) is 25.2 Å². The molecule has 3 unspecified atom stereocenters. The van der Waals surface area contributed by atoms with Gasteiger partial charge in [-0.05, 0) is 89.5 Å². The van der Waals surface area contributed by atoms with Gasteiger partial charge in [0.2, 0.25) is 5.91 Å². The SMILES string of the molecule is CC/C=C\C/C=C\C/C=C\C/C=C\C/C=C\CCCC(=O)OC(/C=C/C/C=C/C/C=C/C/C=C/C/C=C/CC)CC(=O)NC(CO)C(O)CCCCCCCCCCCC. The first-order chi connectivity index (χ1) is 29.5. The van der Waals surface area contributed by atoms with Crippen molar-refractivity contribution in [3.8, 4) is 0 Å². The lowest BCUT2D eigenvalue weighted by Gasteiger charge is -2.23. The van der Waals surface area contributed by atoms with E-state index in [1.807, 2.05) is 6.08 Å². The van der Waals surface area contributed by atoms with Gasteiger partial charge in [-0.15, -0.1) is 0 Å². The molecule has 0 fully saturated rings. The molecule has 0 aliphatic rings. The van der Waals surface area contributed by atoms with Crippen molar-refractivity contribution in [3.05, 3.63) is 122 Å². The van der Waals surface area contributed by atoms with Gasteiger partial charge in [0.25, 0.3) is 0 Å². The zero-order valence-corrected chi connectivity index (χ0v) is 38.3.